The zero-order valence-corrected chi connectivity index (χ0v) is 16.7. The summed E-state index contributed by atoms with van der Waals surface area (Å²) in [5.41, 5.74) is 2.72. The molecular weight excluding hydrogens is 360 g/mol. The number of benzene rings is 2. The molecule has 27 heavy (non-hydrogen) atoms. The molecule has 0 saturated carbocycles. The SMILES string of the molecule is Cc1cn(-c2ccc(Cl)cc2)c(=O)n(Cc2ccc(C(C)(C)C)cc2)c1=O. The Balaban J connectivity index is 2.04. The first kappa shape index (κ1) is 19.2. The van der Waals surface area contributed by atoms with Crippen molar-refractivity contribution in [2.24, 2.45) is 0 Å². The summed E-state index contributed by atoms with van der Waals surface area (Å²) < 4.78 is 2.76. The number of hydrogen-bond donors (Lipinski definition) is 0. The quantitative estimate of drug-likeness (QED) is 0.677. The van der Waals surface area contributed by atoms with E-state index in [0.717, 1.165) is 5.56 Å². The molecule has 0 N–H and O–H groups in total. The molecule has 140 valence electrons. The maximum atomic E-state index is 13.0. The Morgan fingerprint density at radius 2 is 1.52 bits per heavy atom. The van der Waals surface area contributed by atoms with Gasteiger partial charge in [0, 0.05) is 16.8 Å². The number of aromatic nitrogens is 2. The summed E-state index contributed by atoms with van der Waals surface area (Å²) in [4.78, 5) is 25.5. The molecule has 1 heterocycles. The van der Waals surface area contributed by atoms with Crippen LogP contribution in [0.4, 0.5) is 0 Å². The smallest absolute Gasteiger partial charge is 0.269 e. The van der Waals surface area contributed by atoms with Crippen molar-refractivity contribution in [2.75, 3.05) is 0 Å². The van der Waals surface area contributed by atoms with Gasteiger partial charge in [-0.05, 0) is 47.7 Å². The first-order valence-corrected chi connectivity index (χ1v) is 9.23. The van der Waals surface area contributed by atoms with Crippen LogP contribution in [0.25, 0.3) is 5.69 Å². The van der Waals surface area contributed by atoms with Gasteiger partial charge in [-0.15, -0.1) is 0 Å². The molecule has 0 bridgehead atoms. The molecule has 0 aliphatic carbocycles. The Morgan fingerprint density at radius 3 is 2.07 bits per heavy atom. The number of rotatable bonds is 3. The van der Waals surface area contributed by atoms with Gasteiger partial charge in [0.25, 0.3) is 5.56 Å². The third-order valence-electron chi connectivity index (χ3n) is 4.61. The van der Waals surface area contributed by atoms with Crippen LogP contribution in [0.15, 0.2) is 64.3 Å². The summed E-state index contributed by atoms with van der Waals surface area (Å²) in [6, 6.07) is 15.0. The van der Waals surface area contributed by atoms with E-state index in [1.807, 2.05) is 24.3 Å². The van der Waals surface area contributed by atoms with Gasteiger partial charge in [0.05, 0.1) is 12.2 Å². The molecule has 0 fully saturated rings. The van der Waals surface area contributed by atoms with E-state index >= 15 is 0 Å². The Kier molecular flexibility index (Phi) is 5.11. The molecule has 0 radical (unpaired) electrons. The van der Waals surface area contributed by atoms with Crippen molar-refractivity contribution in [3.63, 3.8) is 0 Å². The van der Waals surface area contributed by atoms with Crippen LogP contribution in [-0.4, -0.2) is 9.13 Å². The minimum atomic E-state index is -0.368. The van der Waals surface area contributed by atoms with E-state index in [1.165, 1.54) is 14.7 Å². The summed E-state index contributed by atoms with van der Waals surface area (Å²) in [5.74, 6) is 0. The van der Waals surface area contributed by atoms with Crippen LogP contribution in [0, 0.1) is 6.92 Å². The number of hydrogen-bond acceptors (Lipinski definition) is 2. The predicted octanol–water partition coefficient (Wildman–Crippen LogP) is 4.31. The molecule has 0 aliphatic rings. The molecule has 1 aromatic heterocycles. The van der Waals surface area contributed by atoms with Crippen molar-refractivity contribution < 1.29 is 0 Å². The molecule has 0 atom stereocenters. The summed E-state index contributed by atoms with van der Waals surface area (Å²) in [6.45, 7) is 8.40. The lowest BCUT2D eigenvalue weighted by atomic mass is 9.87. The Bertz CT molecular complexity index is 1070. The molecule has 0 amide bonds. The van der Waals surface area contributed by atoms with Crippen LogP contribution in [0.2, 0.25) is 5.02 Å². The van der Waals surface area contributed by atoms with Crippen molar-refractivity contribution in [1.82, 2.24) is 9.13 Å². The van der Waals surface area contributed by atoms with Crippen LogP contribution in [-0.2, 0) is 12.0 Å². The minimum Gasteiger partial charge on any atom is -0.269 e. The van der Waals surface area contributed by atoms with Gasteiger partial charge < -0.3 is 0 Å². The highest BCUT2D eigenvalue weighted by atomic mass is 35.5. The van der Waals surface area contributed by atoms with Crippen LogP contribution < -0.4 is 11.2 Å². The average molecular weight is 383 g/mol. The fourth-order valence-corrected chi connectivity index (χ4v) is 3.08. The second kappa shape index (κ2) is 7.20. The normalized spacial score (nSPS) is 11.6. The molecule has 3 rings (SSSR count). The van der Waals surface area contributed by atoms with Crippen LogP contribution in [0.3, 0.4) is 0 Å². The second-order valence-electron chi connectivity index (χ2n) is 7.78. The zero-order valence-electron chi connectivity index (χ0n) is 16.0. The lowest BCUT2D eigenvalue weighted by Crippen LogP contribution is -2.40. The zero-order chi connectivity index (χ0) is 19.8. The molecular formula is C22H23ClN2O2. The molecule has 5 heteroatoms. The largest absolute Gasteiger partial charge is 0.335 e. The Labute approximate surface area is 163 Å². The van der Waals surface area contributed by atoms with E-state index in [2.05, 4.69) is 20.8 Å². The van der Waals surface area contributed by atoms with Gasteiger partial charge in [-0.1, -0.05) is 56.6 Å². The van der Waals surface area contributed by atoms with Crippen LogP contribution >= 0.6 is 11.6 Å². The van der Waals surface area contributed by atoms with Crippen LogP contribution in [0.5, 0.6) is 0 Å². The fraction of sp³-hybridized carbons (Fsp3) is 0.273. The molecule has 0 unspecified atom stereocenters. The first-order valence-electron chi connectivity index (χ1n) is 8.85. The van der Waals surface area contributed by atoms with Crippen molar-refractivity contribution in [3.8, 4) is 5.69 Å². The molecule has 4 nitrogen and oxygen atoms in total. The van der Waals surface area contributed by atoms with Gasteiger partial charge in [0.2, 0.25) is 0 Å². The van der Waals surface area contributed by atoms with E-state index in [-0.39, 0.29) is 23.2 Å². The summed E-state index contributed by atoms with van der Waals surface area (Å²) in [6.07, 6.45) is 1.58. The van der Waals surface area contributed by atoms with Gasteiger partial charge in [0.15, 0.2) is 0 Å². The standard InChI is InChI=1S/C22H23ClN2O2/c1-15-13-24(19-11-9-18(23)10-12-19)21(27)25(20(15)26)14-16-5-7-17(8-6-16)22(2,3)4/h5-13H,14H2,1-4H3. The molecule has 0 aliphatic heterocycles. The highest BCUT2D eigenvalue weighted by molar-refractivity contribution is 6.30. The number of nitrogens with zero attached hydrogens (tertiary/aromatic N) is 2. The van der Waals surface area contributed by atoms with Gasteiger partial charge in [0.1, 0.15) is 0 Å². The fourth-order valence-electron chi connectivity index (χ4n) is 2.95. The lowest BCUT2D eigenvalue weighted by molar-refractivity contribution is 0.589. The van der Waals surface area contributed by atoms with Gasteiger partial charge >= 0.3 is 5.69 Å². The molecule has 0 saturated heterocycles. The maximum Gasteiger partial charge on any atom is 0.335 e. The van der Waals surface area contributed by atoms with Gasteiger partial charge in [-0.3, -0.25) is 13.9 Å². The van der Waals surface area contributed by atoms with E-state index in [1.54, 1.807) is 37.4 Å². The van der Waals surface area contributed by atoms with Crippen molar-refractivity contribution in [3.05, 3.63) is 97.3 Å². The third kappa shape index (κ3) is 4.06. The number of halogens is 1. The summed E-state index contributed by atoms with van der Waals surface area (Å²) >= 11 is 5.94. The highest BCUT2D eigenvalue weighted by Crippen LogP contribution is 2.22. The van der Waals surface area contributed by atoms with Crippen molar-refractivity contribution >= 4 is 11.6 Å². The van der Waals surface area contributed by atoms with Crippen molar-refractivity contribution in [2.45, 2.75) is 39.7 Å². The first-order chi connectivity index (χ1) is 12.7. The van der Waals surface area contributed by atoms with E-state index in [4.69, 9.17) is 11.6 Å². The lowest BCUT2D eigenvalue weighted by Gasteiger charge is -2.19. The summed E-state index contributed by atoms with van der Waals surface area (Å²) in [5, 5.41) is 0.593. The van der Waals surface area contributed by atoms with Crippen LogP contribution in [0.1, 0.15) is 37.5 Å². The monoisotopic (exact) mass is 382 g/mol. The topological polar surface area (TPSA) is 44.0 Å². The number of aryl methyl sites for hydroxylation is 1. The van der Waals surface area contributed by atoms with E-state index in [9.17, 15) is 9.59 Å². The minimum absolute atomic E-state index is 0.0556. The third-order valence-corrected chi connectivity index (χ3v) is 4.86. The van der Waals surface area contributed by atoms with E-state index in [0.29, 0.717) is 16.3 Å². The van der Waals surface area contributed by atoms with Crippen molar-refractivity contribution in [1.29, 1.82) is 0 Å². The van der Waals surface area contributed by atoms with E-state index < -0.39 is 0 Å². The van der Waals surface area contributed by atoms with Gasteiger partial charge in [-0.25, -0.2) is 4.79 Å². The Morgan fingerprint density at radius 1 is 0.926 bits per heavy atom. The maximum absolute atomic E-state index is 13.0. The highest BCUT2D eigenvalue weighted by Gasteiger charge is 2.14. The van der Waals surface area contributed by atoms with Gasteiger partial charge in [-0.2, -0.15) is 0 Å². The molecule has 2 aromatic carbocycles. The molecule has 3 aromatic rings. The Hall–Kier alpha value is -2.59. The predicted molar refractivity (Wildman–Crippen MR) is 110 cm³/mol. The summed E-state index contributed by atoms with van der Waals surface area (Å²) in [7, 11) is 0. The molecule has 0 spiro atoms. The average Bonchev–Trinajstić information content (AvgIpc) is 2.62. The second-order valence-corrected chi connectivity index (χ2v) is 8.22.